The van der Waals surface area contributed by atoms with E-state index in [-0.39, 0.29) is 17.3 Å². The van der Waals surface area contributed by atoms with Crippen LogP contribution in [0.5, 0.6) is 0 Å². The second kappa shape index (κ2) is 3.60. The fraction of sp³-hybridized carbons (Fsp3) is 0.231. The molecule has 0 unspecified atom stereocenters. The largest absolute Gasteiger partial charge is 0.478 e. The minimum atomic E-state index is -1.05. The van der Waals surface area contributed by atoms with E-state index in [9.17, 15) is 14.7 Å². The van der Waals surface area contributed by atoms with Crippen molar-refractivity contribution < 1.29 is 9.90 Å². The Kier molecular flexibility index (Phi) is 2.16. The predicted molar refractivity (Wildman–Crippen MR) is 67.9 cm³/mol. The first-order valence-corrected chi connectivity index (χ1v) is 5.76. The molecule has 1 saturated carbocycles. The lowest BCUT2D eigenvalue weighted by Crippen LogP contribution is -2.14. The number of nitrogens with one attached hydrogen (secondary N) is 1. The van der Waals surface area contributed by atoms with E-state index in [2.05, 4.69) is 11.6 Å². The van der Waals surface area contributed by atoms with Gasteiger partial charge in [-0.1, -0.05) is 12.7 Å². The number of aromatic nitrogens is 2. The van der Waals surface area contributed by atoms with E-state index in [1.54, 1.807) is 16.7 Å². The SMILES string of the molecule is C=Cc1cc(C(=O)O)c2[nH]c(=O)n(C3CC3)c2c1. The molecule has 5 heteroatoms. The summed E-state index contributed by atoms with van der Waals surface area (Å²) < 4.78 is 1.65. The molecule has 0 atom stereocenters. The molecule has 0 bridgehead atoms. The number of aromatic carboxylic acids is 1. The Balaban J connectivity index is 2.42. The van der Waals surface area contributed by atoms with Crippen LogP contribution in [0, 0.1) is 0 Å². The van der Waals surface area contributed by atoms with E-state index < -0.39 is 5.97 Å². The molecular weight excluding hydrogens is 232 g/mol. The summed E-state index contributed by atoms with van der Waals surface area (Å²) in [4.78, 5) is 25.7. The van der Waals surface area contributed by atoms with Gasteiger partial charge in [-0.25, -0.2) is 9.59 Å². The minimum Gasteiger partial charge on any atom is -0.478 e. The van der Waals surface area contributed by atoms with Crippen LogP contribution in [0.25, 0.3) is 17.1 Å². The number of hydrogen-bond acceptors (Lipinski definition) is 2. The Hall–Kier alpha value is -2.30. The molecule has 1 aliphatic carbocycles. The van der Waals surface area contributed by atoms with Gasteiger partial charge in [0, 0.05) is 6.04 Å². The van der Waals surface area contributed by atoms with Gasteiger partial charge in [0.1, 0.15) is 0 Å². The second-order valence-electron chi connectivity index (χ2n) is 4.50. The summed E-state index contributed by atoms with van der Waals surface area (Å²) in [6.45, 7) is 3.64. The van der Waals surface area contributed by atoms with E-state index in [1.807, 2.05) is 0 Å². The molecule has 18 heavy (non-hydrogen) atoms. The maximum absolute atomic E-state index is 11.9. The molecular formula is C13H12N2O3. The van der Waals surface area contributed by atoms with Crippen molar-refractivity contribution in [3.63, 3.8) is 0 Å². The van der Waals surface area contributed by atoms with E-state index in [4.69, 9.17) is 0 Å². The molecule has 92 valence electrons. The van der Waals surface area contributed by atoms with Gasteiger partial charge in [0.2, 0.25) is 0 Å². The number of carboxylic acids is 1. The van der Waals surface area contributed by atoms with E-state index in [0.717, 1.165) is 12.8 Å². The Morgan fingerprint density at radius 2 is 2.22 bits per heavy atom. The van der Waals surface area contributed by atoms with Gasteiger partial charge in [-0.3, -0.25) is 4.57 Å². The normalized spacial score (nSPS) is 14.9. The van der Waals surface area contributed by atoms with E-state index >= 15 is 0 Å². The minimum absolute atomic E-state index is 0.110. The molecule has 5 nitrogen and oxygen atoms in total. The highest BCUT2D eigenvalue weighted by Gasteiger charge is 2.28. The van der Waals surface area contributed by atoms with Crippen LogP contribution >= 0.6 is 0 Å². The van der Waals surface area contributed by atoms with Gasteiger partial charge < -0.3 is 10.1 Å². The van der Waals surface area contributed by atoms with Crippen molar-refractivity contribution in [2.45, 2.75) is 18.9 Å². The van der Waals surface area contributed by atoms with Gasteiger partial charge in [0.25, 0.3) is 0 Å². The zero-order valence-electron chi connectivity index (χ0n) is 9.64. The predicted octanol–water partition coefficient (Wildman–Crippen LogP) is 2.01. The van der Waals surface area contributed by atoms with Crippen molar-refractivity contribution >= 4 is 23.1 Å². The van der Waals surface area contributed by atoms with Crippen LogP contribution in [-0.2, 0) is 0 Å². The molecule has 2 N–H and O–H groups in total. The Morgan fingerprint density at radius 3 is 2.78 bits per heavy atom. The number of rotatable bonds is 3. The first-order valence-electron chi connectivity index (χ1n) is 5.76. The fourth-order valence-electron chi connectivity index (χ4n) is 2.23. The highest BCUT2D eigenvalue weighted by Crippen LogP contribution is 2.36. The number of carbonyl (C=O) groups is 1. The van der Waals surface area contributed by atoms with Crippen molar-refractivity contribution in [1.82, 2.24) is 9.55 Å². The summed E-state index contributed by atoms with van der Waals surface area (Å²) in [7, 11) is 0. The van der Waals surface area contributed by atoms with Gasteiger partial charge in [-0.05, 0) is 30.5 Å². The molecule has 1 heterocycles. The van der Waals surface area contributed by atoms with Crippen LogP contribution in [0.2, 0.25) is 0 Å². The van der Waals surface area contributed by atoms with E-state index in [1.165, 1.54) is 6.07 Å². The van der Waals surface area contributed by atoms with Crippen LogP contribution in [0.3, 0.4) is 0 Å². The zero-order valence-corrected chi connectivity index (χ0v) is 9.64. The number of carboxylic acid groups (broad SMARTS) is 1. The molecule has 1 fully saturated rings. The van der Waals surface area contributed by atoms with Gasteiger partial charge >= 0.3 is 11.7 Å². The number of benzene rings is 1. The lowest BCUT2D eigenvalue weighted by Gasteiger charge is -2.03. The molecule has 2 aromatic rings. The van der Waals surface area contributed by atoms with Crippen LogP contribution in [0.1, 0.15) is 34.8 Å². The molecule has 1 aliphatic rings. The van der Waals surface area contributed by atoms with Gasteiger partial charge in [-0.15, -0.1) is 0 Å². The molecule has 3 rings (SSSR count). The number of aromatic amines is 1. The fourth-order valence-corrected chi connectivity index (χ4v) is 2.23. The standard InChI is InChI=1S/C13H12N2O3/c1-2-7-5-9(12(16)17)11-10(6-7)15(8-3-4-8)13(18)14-11/h2,5-6,8H,1,3-4H2,(H,14,18)(H,16,17). The number of nitrogens with zero attached hydrogens (tertiary/aromatic N) is 1. The molecule has 0 aliphatic heterocycles. The highest BCUT2D eigenvalue weighted by molar-refractivity contribution is 6.02. The first kappa shape index (κ1) is 10.8. The Morgan fingerprint density at radius 1 is 1.50 bits per heavy atom. The van der Waals surface area contributed by atoms with Crippen molar-refractivity contribution in [3.8, 4) is 0 Å². The highest BCUT2D eigenvalue weighted by atomic mass is 16.4. The molecule has 1 aromatic heterocycles. The lowest BCUT2D eigenvalue weighted by atomic mass is 10.1. The van der Waals surface area contributed by atoms with Gasteiger partial charge in [0.05, 0.1) is 16.6 Å². The summed E-state index contributed by atoms with van der Waals surface area (Å²) >= 11 is 0. The van der Waals surface area contributed by atoms with Crippen molar-refractivity contribution in [3.05, 3.63) is 40.3 Å². The zero-order chi connectivity index (χ0) is 12.9. The monoisotopic (exact) mass is 244 g/mol. The summed E-state index contributed by atoms with van der Waals surface area (Å²) in [6, 6.07) is 3.52. The molecule has 0 saturated heterocycles. The smallest absolute Gasteiger partial charge is 0.337 e. The Bertz CT molecular complexity index is 720. The van der Waals surface area contributed by atoms with Crippen LogP contribution in [0.15, 0.2) is 23.5 Å². The third-order valence-corrected chi connectivity index (χ3v) is 3.23. The number of imidazole rings is 1. The summed E-state index contributed by atoms with van der Waals surface area (Å²) in [5.74, 6) is -1.05. The quantitative estimate of drug-likeness (QED) is 0.867. The number of hydrogen-bond donors (Lipinski definition) is 2. The summed E-state index contributed by atoms with van der Waals surface area (Å²) in [6.07, 6.45) is 3.52. The maximum atomic E-state index is 11.9. The lowest BCUT2D eigenvalue weighted by molar-refractivity contribution is 0.0699. The van der Waals surface area contributed by atoms with Gasteiger partial charge in [-0.2, -0.15) is 0 Å². The topological polar surface area (TPSA) is 75.1 Å². The molecule has 0 amide bonds. The summed E-state index contributed by atoms with van der Waals surface area (Å²) in [5.41, 5.74) is 1.62. The van der Waals surface area contributed by atoms with Crippen LogP contribution in [0.4, 0.5) is 0 Å². The number of H-pyrrole nitrogens is 1. The number of fused-ring (bicyclic) bond motifs is 1. The molecule has 1 aromatic carbocycles. The summed E-state index contributed by atoms with van der Waals surface area (Å²) in [5, 5.41) is 9.19. The Labute approximate surface area is 102 Å². The van der Waals surface area contributed by atoms with Crippen molar-refractivity contribution in [2.24, 2.45) is 0 Å². The van der Waals surface area contributed by atoms with Crippen LogP contribution < -0.4 is 5.69 Å². The molecule has 0 radical (unpaired) electrons. The van der Waals surface area contributed by atoms with Crippen molar-refractivity contribution in [1.29, 1.82) is 0 Å². The average Bonchev–Trinajstić information content (AvgIpc) is 3.10. The second-order valence-corrected chi connectivity index (χ2v) is 4.50. The average molecular weight is 244 g/mol. The van der Waals surface area contributed by atoms with E-state index in [0.29, 0.717) is 16.6 Å². The van der Waals surface area contributed by atoms with Crippen molar-refractivity contribution in [2.75, 3.05) is 0 Å². The third kappa shape index (κ3) is 1.48. The maximum Gasteiger partial charge on any atom is 0.337 e. The van der Waals surface area contributed by atoms with Crippen LogP contribution in [-0.4, -0.2) is 20.6 Å². The first-order chi connectivity index (χ1) is 8.61. The van der Waals surface area contributed by atoms with Gasteiger partial charge in [0.15, 0.2) is 0 Å². The molecule has 0 spiro atoms. The third-order valence-electron chi connectivity index (χ3n) is 3.23.